The van der Waals surface area contributed by atoms with E-state index in [0.717, 1.165) is 5.56 Å². The van der Waals surface area contributed by atoms with Gasteiger partial charge in [-0.15, -0.1) is 10.2 Å². The van der Waals surface area contributed by atoms with Crippen molar-refractivity contribution in [3.63, 3.8) is 0 Å². The normalized spacial score (nSPS) is 11.9. The van der Waals surface area contributed by atoms with E-state index < -0.39 is 10.8 Å². The van der Waals surface area contributed by atoms with Crippen LogP contribution < -0.4 is 9.47 Å². The highest BCUT2D eigenvalue weighted by Crippen LogP contribution is 2.26. The fourth-order valence-corrected chi connectivity index (χ4v) is 2.64. The number of methoxy groups -OCH3 is 2. The minimum atomic E-state index is -1.39. The van der Waals surface area contributed by atoms with E-state index in [4.69, 9.17) is 9.47 Å². The zero-order valence-corrected chi connectivity index (χ0v) is 11.7. The van der Waals surface area contributed by atoms with Crippen LogP contribution in [-0.2, 0) is 10.8 Å². The molecule has 6 heteroatoms. The van der Waals surface area contributed by atoms with Crippen molar-refractivity contribution >= 4 is 10.8 Å². The highest BCUT2D eigenvalue weighted by Gasteiger charge is 2.16. The molecule has 19 heavy (non-hydrogen) atoms. The monoisotopic (exact) mass is 278 g/mol. The Morgan fingerprint density at radius 2 is 1.74 bits per heavy atom. The summed E-state index contributed by atoms with van der Waals surface area (Å²) >= 11 is 0. The quantitative estimate of drug-likeness (QED) is 0.855. The third-order valence-electron chi connectivity index (χ3n) is 2.54. The van der Waals surface area contributed by atoms with Crippen molar-refractivity contribution in [3.05, 3.63) is 35.9 Å². The van der Waals surface area contributed by atoms with E-state index in [-0.39, 0.29) is 5.88 Å². The highest BCUT2D eigenvalue weighted by molar-refractivity contribution is 7.85. The van der Waals surface area contributed by atoms with Crippen LogP contribution in [0.25, 0.3) is 0 Å². The second kappa shape index (κ2) is 5.79. The molecular formula is C13H14N2O3S. The third kappa shape index (κ3) is 2.90. The molecule has 0 fully saturated rings. The SMILES string of the molecule is COc1cc([S@@](=O)c2ccc(C)cc2)c(OC)nn1. The van der Waals surface area contributed by atoms with Crippen molar-refractivity contribution in [1.82, 2.24) is 10.2 Å². The van der Waals surface area contributed by atoms with Gasteiger partial charge in [0.2, 0.25) is 11.8 Å². The molecule has 0 bridgehead atoms. The van der Waals surface area contributed by atoms with Crippen LogP contribution in [-0.4, -0.2) is 28.6 Å². The second-order valence-corrected chi connectivity index (χ2v) is 5.29. The largest absolute Gasteiger partial charge is 0.480 e. The molecule has 2 aromatic rings. The van der Waals surface area contributed by atoms with Gasteiger partial charge in [0.1, 0.15) is 4.90 Å². The standard InChI is InChI=1S/C13H14N2O3S/c1-9-4-6-10(7-5-9)19(16)11-8-12(17-2)14-15-13(11)18-3/h4-8H,1-3H3/t19-/m0/s1. The van der Waals surface area contributed by atoms with E-state index in [1.165, 1.54) is 14.2 Å². The summed E-state index contributed by atoms with van der Waals surface area (Å²) in [6.07, 6.45) is 0. The maximum Gasteiger partial charge on any atom is 0.250 e. The van der Waals surface area contributed by atoms with Crippen LogP contribution in [0.1, 0.15) is 5.56 Å². The van der Waals surface area contributed by atoms with Crippen molar-refractivity contribution < 1.29 is 13.7 Å². The number of hydrogen-bond acceptors (Lipinski definition) is 5. The predicted molar refractivity (Wildman–Crippen MR) is 71.0 cm³/mol. The summed E-state index contributed by atoms with van der Waals surface area (Å²) in [6.45, 7) is 1.98. The second-order valence-electron chi connectivity index (χ2n) is 3.84. The van der Waals surface area contributed by atoms with Crippen molar-refractivity contribution in [2.24, 2.45) is 0 Å². The minimum absolute atomic E-state index is 0.236. The molecule has 0 aliphatic carbocycles. The Bertz CT molecular complexity index is 599. The summed E-state index contributed by atoms with van der Waals surface area (Å²) in [5, 5.41) is 7.63. The number of aryl methyl sites for hydroxylation is 1. The first-order valence-electron chi connectivity index (χ1n) is 5.60. The van der Waals surface area contributed by atoms with Crippen molar-refractivity contribution in [1.29, 1.82) is 0 Å². The molecule has 2 rings (SSSR count). The van der Waals surface area contributed by atoms with Crippen LogP contribution in [0.2, 0.25) is 0 Å². The first-order chi connectivity index (χ1) is 9.15. The van der Waals surface area contributed by atoms with Crippen molar-refractivity contribution in [2.75, 3.05) is 14.2 Å². The minimum Gasteiger partial charge on any atom is -0.480 e. The Balaban J connectivity index is 2.44. The van der Waals surface area contributed by atoms with Crippen LogP contribution in [0.5, 0.6) is 11.8 Å². The Kier molecular flexibility index (Phi) is 4.11. The number of ether oxygens (including phenoxy) is 2. The number of benzene rings is 1. The topological polar surface area (TPSA) is 61.3 Å². The summed E-state index contributed by atoms with van der Waals surface area (Å²) in [7, 11) is 1.56. The number of nitrogens with zero attached hydrogens (tertiary/aromatic N) is 2. The summed E-state index contributed by atoms with van der Waals surface area (Å²) in [4.78, 5) is 1.12. The van der Waals surface area contributed by atoms with Gasteiger partial charge in [0.15, 0.2) is 0 Å². The van der Waals surface area contributed by atoms with Gasteiger partial charge < -0.3 is 9.47 Å². The van der Waals surface area contributed by atoms with Crippen LogP contribution in [0, 0.1) is 6.92 Å². The van der Waals surface area contributed by atoms with Crippen molar-refractivity contribution in [2.45, 2.75) is 16.7 Å². The molecule has 0 N–H and O–H groups in total. The van der Waals surface area contributed by atoms with Gasteiger partial charge in [-0.05, 0) is 19.1 Å². The van der Waals surface area contributed by atoms with Gasteiger partial charge in [-0.2, -0.15) is 0 Å². The Morgan fingerprint density at radius 1 is 1.05 bits per heavy atom. The van der Waals surface area contributed by atoms with Gasteiger partial charge in [0.25, 0.3) is 0 Å². The van der Waals surface area contributed by atoms with Gasteiger partial charge in [0.05, 0.1) is 25.0 Å². The first-order valence-corrected chi connectivity index (χ1v) is 6.75. The molecule has 0 saturated heterocycles. The highest BCUT2D eigenvalue weighted by atomic mass is 32.2. The summed E-state index contributed by atoms with van der Waals surface area (Å²) in [5.41, 5.74) is 1.11. The average molecular weight is 278 g/mol. The van der Waals surface area contributed by atoms with Gasteiger partial charge >= 0.3 is 0 Å². The maximum absolute atomic E-state index is 12.5. The summed E-state index contributed by atoms with van der Waals surface area (Å²) in [6, 6.07) is 9.02. The first kappa shape index (κ1) is 13.5. The predicted octanol–water partition coefficient (Wildman–Crippen LogP) is 1.97. The Morgan fingerprint density at radius 3 is 2.32 bits per heavy atom. The fourth-order valence-electron chi connectivity index (χ4n) is 1.51. The lowest BCUT2D eigenvalue weighted by molar-refractivity contribution is 0.357. The van der Waals surface area contributed by atoms with E-state index in [1.54, 1.807) is 6.07 Å². The molecule has 1 atom stereocenters. The zero-order chi connectivity index (χ0) is 13.8. The molecule has 5 nitrogen and oxygen atoms in total. The molecule has 1 heterocycles. The molecule has 1 aromatic carbocycles. The smallest absolute Gasteiger partial charge is 0.250 e. The van der Waals surface area contributed by atoms with Gasteiger partial charge in [0, 0.05) is 11.0 Å². The lowest BCUT2D eigenvalue weighted by Crippen LogP contribution is -2.02. The number of rotatable bonds is 4. The summed E-state index contributed by atoms with van der Waals surface area (Å²) in [5.74, 6) is 0.538. The Labute approximate surface area is 114 Å². The van der Waals surface area contributed by atoms with Crippen LogP contribution in [0.15, 0.2) is 40.1 Å². The van der Waals surface area contributed by atoms with Gasteiger partial charge in [-0.3, -0.25) is 0 Å². The molecule has 0 spiro atoms. The lowest BCUT2D eigenvalue weighted by atomic mass is 10.2. The molecule has 0 radical (unpaired) electrons. The fraction of sp³-hybridized carbons (Fsp3) is 0.231. The molecule has 0 saturated carbocycles. The maximum atomic E-state index is 12.5. The number of hydrogen-bond donors (Lipinski definition) is 0. The van der Waals surface area contributed by atoms with Crippen LogP contribution in [0.3, 0.4) is 0 Å². The van der Waals surface area contributed by atoms with E-state index in [9.17, 15) is 4.21 Å². The molecule has 1 aromatic heterocycles. The van der Waals surface area contributed by atoms with E-state index >= 15 is 0 Å². The van der Waals surface area contributed by atoms with E-state index in [0.29, 0.717) is 15.7 Å². The third-order valence-corrected chi connectivity index (χ3v) is 3.93. The van der Waals surface area contributed by atoms with E-state index in [1.807, 2.05) is 31.2 Å². The van der Waals surface area contributed by atoms with Crippen molar-refractivity contribution in [3.8, 4) is 11.8 Å². The molecule has 0 aliphatic rings. The van der Waals surface area contributed by atoms with Crippen LogP contribution in [0.4, 0.5) is 0 Å². The van der Waals surface area contributed by atoms with Gasteiger partial charge in [-0.25, -0.2) is 4.21 Å². The average Bonchev–Trinajstić information content (AvgIpc) is 2.46. The molecule has 0 unspecified atom stereocenters. The molecule has 100 valence electrons. The summed E-state index contributed by atoms with van der Waals surface area (Å²) < 4.78 is 22.6. The molecule has 0 aliphatic heterocycles. The zero-order valence-electron chi connectivity index (χ0n) is 10.9. The lowest BCUT2D eigenvalue weighted by Gasteiger charge is -2.08. The molecule has 0 amide bonds. The van der Waals surface area contributed by atoms with E-state index in [2.05, 4.69) is 10.2 Å². The van der Waals surface area contributed by atoms with Crippen LogP contribution >= 0.6 is 0 Å². The number of aromatic nitrogens is 2. The molecular weight excluding hydrogens is 264 g/mol. The Hall–Kier alpha value is -1.95. The van der Waals surface area contributed by atoms with Gasteiger partial charge in [-0.1, -0.05) is 17.7 Å².